The first-order valence-corrected chi connectivity index (χ1v) is 5.84. The van der Waals surface area contributed by atoms with Gasteiger partial charge in [-0.1, -0.05) is 12.1 Å². The number of hydrogen-bond donors (Lipinski definition) is 1. The van der Waals surface area contributed by atoms with E-state index in [4.69, 9.17) is 9.84 Å². The first kappa shape index (κ1) is 11.9. The average molecular weight is 235 g/mol. The fourth-order valence-electron chi connectivity index (χ4n) is 1.94. The Morgan fingerprint density at radius 3 is 2.41 bits per heavy atom. The number of rotatable bonds is 3. The minimum absolute atomic E-state index is 0.450. The molecule has 4 heteroatoms. The molecule has 2 rings (SSSR count). The van der Waals surface area contributed by atoms with Crippen LogP contribution >= 0.6 is 0 Å². The van der Waals surface area contributed by atoms with Gasteiger partial charge in [0.15, 0.2) is 0 Å². The molecule has 1 heterocycles. The van der Waals surface area contributed by atoms with E-state index in [1.165, 1.54) is 0 Å². The maximum absolute atomic E-state index is 10.9. The molecule has 1 aromatic rings. The zero-order valence-electron chi connectivity index (χ0n) is 9.93. The summed E-state index contributed by atoms with van der Waals surface area (Å²) in [5.74, 6) is -1.24. The Kier molecular flexibility index (Phi) is 3.64. The summed E-state index contributed by atoms with van der Waals surface area (Å²) < 4.78 is 5.30. The van der Waals surface area contributed by atoms with E-state index in [0.717, 1.165) is 37.6 Å². The second kappa shape index (κ2) is 5.19. The highest BCUT2D eigenvalue weighted by Crippen LogP contribution is 2.21. The molecule has 1 fully saturated rings. The maximum atomic E-state index is 10.9. The lowest BCUT2D eigenvalue weighted by atomic mass is 10.0. The molecule has 1 aliphatic rings. The first-order valence-electron chi connectivity index (χ1n) is 5.84. The summed E-state index contributed by atoms with van der Waals surface area (Å²) in [6.45, 7) is 5.01. The van der Waals surface area contributed by atoms with E-state index >= 15 is 0 Å². The van der Waals surface area contributed by atoms with Crippen molar-refractivity contribution in [3.63, 3.8) is 0 Å². The zero-order valence-corrected chi connectivity index (χ0v) is 9.93. The molecule has 0 spiro atoms. The number of morpholine rings is 1. The molecule has 0 aromatic heterocycles. The van der Waals surface area contributed by atoms with Crippen molar-refractivity contribution in [2.24, 2.45) is 0 Å². The van der Waals surface area contributed by atoms with Crippen molar-refractivity contribution in [2.45, 2.75) is 12.8 Å². The maximum Gasteiger partial charge on any atom is 0.310 e. The van der Waals surface area contributed by atoms with Crippen LogP contribution in [0.5, 0.6) is 0 Å². The van der Waals surface area contributed by atoms with E-state index in [0.29, 0.717) is 0 Å². The summed E-state index contributed by atoms with van der Waals surface area (Å²) in [7, 11) is 0. The minimum Gasteiger partial charge on any atom is -0.481 e. The van der Waals surface area contributed by atoms with Crippen LogP contribution in [0, 0.1) is 0 Å². The highest BCUT2D eigenvalue weighted by atomic mass is 16.5. The topological polar surface area (TPSA) is 49.8 Å². The lowest BCUT2D eigenvalue weighted by Crippen LogP contribution is -2.36. The minimum atomic E-state index is -0.788. The van der Waals surface area contributed by atoms with Gasteiger partial charge in [-0.25, -0.2) is 0 Å². The van der Waals surface area contributed by atoms with Crippen molar-refractivity contribution < 1.29 is 14.6 Å². The van der Waals surface area contributed by atoms with Gasteiger partial charge in [0, 0.05) is 18.8 Å². The van der Waals surface area contributed by atoms with Crippen molar-refractivity contribution in [3.05, 3.63) is 29.8 Å². The van der Waals surface area contributed by atoms with Gasteiger partial charge >= 0.3 is 5.97 Å². The summed E-state index contributed by atoms with van der Waals surface area (Å²) >= 11 is 0. The standard InChI is InChI=1S/C13H17NO3/c1-10(13(15)16)11-2-4-12(5-3-11)14-6-8-17-9-7-14/h2-5,10H,6-9H2,1H3,(H,15,16)/t10-/m1/s1. The Hall–Kier alpha value is -1.55. The molecule has 0 unspecified atom stereocenters. The Bertz CT molecular complexity index is 382. The number of aliphatic carboxylic acids is 1. The van der Waals surface area contributed by atoms with Crippen LogP contribution in [0.1, 0.15) is 18.4 Å². The fourth-order valence-corrected chi connectivity index (χ4v) is 1.94. The van der Waals surface area contributed by atoms with Crippen molar-refractivity contribution >= 4 is 11.7 Å². The number of carbonyl (C=O) groups is 1. The molecule has 0 aliphatic carbocycles. The van der Waals surface area contributed by atoms with Crippen molar-refractivity contribution in [1.82, 2.24) is 0 Å². The smallest absolute Gasteiger partial charge is 0.310 e. The van der Waals surface area contributed by atoms with Crippen LogP contribution in [0.4, 0.5) is 5.69 Å². The van der Waals surface area contributed by atoms with Gasteiger partial charge in [-0.3, -0.25) is 4.79 Å². The Labute approximate surface area is 101 Å². The molecular formula is C13H17NO3. The Morgan fingerprint density at radius 1 is 1.29 bits per heavy atom. The van der Waals surface area contributed by atoms with E-state index in [1.807, 2.05) is 24.3 Å². The van der Waals surface area contributed by atoms with Crippen molar-refractivity contribution in [2.75, 3.05) is 31.2 Å². The van der Waals surface area contributed by atoms with E-state index in [2.05, 4.69) is 4.90 Å². The molecule has 1 N–H and O–H groups in total. The van der Waals surface area contributed by atoms with E-state index in [1.54, 1.807) is 6.92 Å². The molecular weight excluding hydrogens is 218 g/mol. The third kappa shape index (κ3) is 2.77. The molecule has 17 heavy (non-hydrogen) atoms. The number of nitrogens with zero attached hydrogens (tertiary/aromatic N) is 1. The fraction of sp³-hybridized carbons (Fsp3) is 0.462. The van der Waals surface area contributed by atoms with Crippen LogP contribution in [0.15, 0.2) is 24.3 Å². The average Bonchev–Trinajstić information content (AvgIpc) is 2.39. The molecule has 0 radical (unpaired) electrons. The third-order valence-electron chi connectivity index (χ3n) is 3.14. The highest BCUT2D eigenvalue weighted by Gasteiger charge is 2.15. The van der Waals surface area contributed by atoms with Gasteiger partial charge in [-0.15, -0.1) is 0 Å². The van der Waals surface area contributed by atoms with Gasteiger partial charge in [-0.2, -0.15) is 0 Å². The summed E-state index contributed by atoms with van der Waals surface area (Å²) in [5, 5.41) is 8.93. The van der Waals surface area contributed by atoms with Gasteiger partial charge in [0.1, 0.15) is 0 Å². The third-order valence-corrected chi connectivity index (χ3v) is 3.14. The van der Waals surface area contributed by atoms with Crippen LogP contribution < -0.4 is 4.90 Å². The quantitative estimate of drug-likeness (QED) is 0.866. The lowest BCUT2D eigenvalue weighted by molar-refractivity contribution is -0.138. The molecule has 4 nitrogen and oxygen atoms in total. The SMILES string of the molecule is C[C@@H](C(=O)O)c1ccc(N2CCOCC2)cc1. The molecule has 0 amide bonds. The zero-order chi connectivity index (χ0) is 12.3. The van der Waals surface area contributed by atoms with Crippen LogP contribution in [0.2, 0.25) is 0 Å². The van der Waals surface area contributed by atoms with Gasteiger partial charge in [0.2, 0.25) is 0 Å². The number of hydrogen-bond acceptors (Lipinski definition) is 3. The lowest BCUT2D eigenvalue weighted by Gasteiger charge is -2.29. The summed E-state index contributed by atoms with van der Waals surface area (Å²) in [4.78, 5) is 13.1. The predicted octanol–water partition coefficient (Wildman–Crippen LogP) is 1.71. The van der Waals surface area contributed by atoms with E-state index in [-0.39, 0.29) is 0 Å². The van der Waals surface area contributed by atoms with Crippen LogP contribution in [-0.4, -0.2) is 37.4 Å². The van der Waals surface area contributed by atoms with Gasteiger partial charge in [-0.05, 0) is 24.6 Å². The van der Waals surface area contributed by atoms with Crippen LogP contribution in [0.3, 0.4) is 0 Å². The second-order valence-electron chi connectivity index (χ2n) is 4.25. The Morgan fingerprint density at radius 2 is 1.88 bits per heavy atom. The number of benzene rings is 1. The monoisotopic (exact) mass is 235 g/mol. The number of anilines is 1. The number of ether oxygens (including phenoxy) is 1. The van der Waals surface area contributed by atoms with Crippen molar-refractivity contribution in [3.8, 4) is 0 Å². The normalized spacial score (nSPS) is 17.8. The second-order valence-corrected chi connectivity index (χ2v) is 4.25. The summed E-state index contributed by atoms with van der Waals surface area (Å²) in [6.07, 6.45) is 0. The predicted molar refractivity (Wildman–Crippen MR) is 65.5 cm³/mol. The van der Waals surface area contributed by atoms with Crippen molar-refractivity contribution in [1.29, 1.82) is 0 Å². The largest absolute Gasteiger partial charge is 0.481 e. The molecule has 0 saturated carbocycles. The summed E-state index contributed by atoms with van der Waals surface area (Å²) in [6, 6.07) is 7.76. The Balaban J connectivity index is 2.09. The molecule has 1 aromatic carbocycles. The molecule has 1 aliphatic heterocycles. The number of carboxylic acids is 1. The molecule has 1 atom stereocenters. The van der Waals surface area contributed by atoms with Crippen LogP contribution in [-0.2, 0) is 9.53 Å². The number of carboxylic acid groups (broad SMARTS) is 1. The van der Waals surface area contributed by atoms with Gasteiger partial charge < -0.3 is 14.7 Å². The molecule has 92 valence electrons. The molecule has 1 saturated heterocycles. The van der Waals surface area contributed by atoms with Gasteiger partial charge in [0.25, 0.3) is 0 Å². The first-order chi connectivity index (χ1) is 8.18. The molecule has 0 bridgehead atoms. The van der Waals surface area contributed by atoms with E-state index in [9.17, 15) is 4.79 Å². The van der Waals surface area contributed by atoms with E-state index < -0.39 is 11.9 Å². The van der Waals surface area contributed by atoms with Gasteiger partial charge in [0.05, 0.1) is 19.1 Å². The van der Waals surface area contributed by atoms with Crippen LogP contribution in [0.25, 0.3) is 0 Å². The highest BCUT2D eigenvalue weighted by molar-refractivity contribution is 5.75. The summed E-state index contributed by atoms with van der Waals surface area (Å²) in [5.41, 5.74) is 1.98.